The van der Waals surface area contributed by atoms with Gasteiger partial charge in [0.25, 0.3) is 0 Å². The zero-order chi connectivity index (χ0) is 15.2. The fraction of sp³-hybridized carbons (Fsp3) is 0.368. The molecule has 21 heavy (non-hydrogen) atoms. The molecule has 0 saturated heterocycles. The Balaban J connectivity index is 2.49. The lowest BCUT2D eigenvalue weighted by Gasteiger charge is -2.22. The van der Waals surface area contributed by atoms with Crippen LogP contribution in [-0.2, 0) is 6.42 Å². The SMILES string of the molecule is CCNC(c1cccc(CC)c1)c1cc(C)ccc1OC. The molecule has 0 aliphatic carbocycles. The number of hydrogen-bond acceptors (Lipinski definition) is 2. The van der Waals surface area contributed by atoms with Crippen LogP contribution in [0.25, 0.3) is 0 Å². The smallest absolute Gasteiger partial charge is 0.123 e. The Morgan fingerprint density at radius 3 is 2.57 bits per heavy atom. The summed E-state index contributed by atoms with van der Waals surface area (Å²) in [6.07, 6.45) is 1.05. The van der Waals surface area contributed by atoms with Crippen molar-refractivity contribution in [2.75, 3.05) is 13.7 Å². The van der Waals surface area contributed by atoms with Crippen molar-refractivity contribution in [3.8, 4) is 5.75 Å². The van der Waals surface area contributed by atoms with Gasteiger partial charge < -0.3 is 10.1 Å². The Hall–Kier alpha value is -1.80. The zero-order valence-corrected chi connectivity index (χ0v) is 13.4. The van der Waals surface area contributed by atoms with E-state index in [0.717, 1.165) is 18.7 Å². The minimum Gasteiger partial charge on any atom is -0.496 e. The predicted molar refractivity (Wildman–Crippen MR) is 89.1 cm³/mol. The first-order valence-electron chi connectivity index (χ1n) is 7.66. The maximum atomic E-state index is 5.57. The molecule has 0 aliphatic heterocycles. The zero-order valence-electron chi connectivity index (χ0n) is 13.4. The van der Waals surface area contributed by atoms with Crippen LogP contribution in [-0.4, -0.2) is 13.7 Å². The van der Waals surface area contributed by atoms with E-state index in [-0.39, 0.29) is 6.04 Å². The van der Waals surface area contributed by atoms with Crippen molar-refractivity contribution in [1.29, 1.82) is 0 Å². The van der Waals surface area contributed by atoms with Crippen LogP contribution >= 0.6 is 0 Å². The van der Waals surface area contributed by atoms with Gasteiger partial charge in [0.15, 0.2) is 0 Å². The van der Waals surface area contributed by atoms with Crippen molar-refractivity contribution in [2.24, 2.45) is 0 Å². The van der Waals surface area contributed by atoms with Gasteiger partial charge in [0, 0.05) is 5.56 Å². The van der Waals surface area contributed by atoms with Crippen molar-refractivity contribution in [3.63, 3.8) is 0 Å². The van der Waals surface area contributed by atoms with Crippen molar-refractivity contribution in [2.45, 2.75) is 33.2 Å². The predicted octanol–water partition coefficient (Wildman–Crippen LogP) is 4.26. The second kappa shape index (κ2) is 7.28. The van der Waals surface area contributed by atoms with Gasteiger partial charge in [-0.15, -0.1) is 0 Å². The molecule has 0 spiro atoms. The van der Waals surface area contributed by atoms with Crippen molar-refractivity contribution in [1.82, 2.24) is 5.32 Å². The van der Waals surface area contributed by atoms with E-state index < -0.39 is 0 Å². The Kier molecular flexibility index (Phi) is 5.40. The van der Waals surface area contributed by atoms with Gasteiger partial charge in [-0.05, 0) is 37.1 Å². The van der Waals surface area contributed by atoms with Crippen LogP contribution in [0.2, 0.25) is 0 Å². The molecule has 2 aromatic carbocycles. The fourth-order valence-corrected chi connectivity index (χ4v) is 2.68. The normalized spacial score (nSPS) is 12.2. The first kappa shape index (κ1) is 15.6. The van der Waals surface area contributed by atoms with E-state index in [1.165, 1.54) is 22.3 Å². The highest BCUT2D eigenvalue weighted by atomic mass is 16.5. The number of benzene rings is 2. The van der Waals surface area contributed by atoms with Gasteiger partial charge in [0.05, 0.1) is 13.2 Å². The van der Waals surface area contributed by atoms with Crippen LogP contribution in [0.15, 0.2) is 42.5 Å². The average Bonchev–Trinajstić information content (AvgIpc) is 2.52. The summed E-state index contributed by atoms with van der Waals surface area (Å²) in [5.74, 6) is 0.938. The number of rotatable bonds is 6. The third-order valence-corrected chi connectivity index (χ3v) is 3.80. The number of methoxy groups -OCH3 is 1. The second-order valence-electron chi connectivity index (χ2n) is 5.33. The quantitative estimate of drug-likeness (QED) is 0.855. The summed E-state index contributed by atoms with van der Waals surface area (Å²) in [6.45, 7) is 7.36. The lowest BCUT2D eigenvalue weighted by molar-refractivity contribution is 0.404. The van der Waals surface area contributed by atoms with E-state index in [2.05, 4.69) is 68.6 Å². The minimum atomic E-state index is 0.163. The molecule has 0 bridgehead atoms. The van der Waals surface area contributed by atoms with E-state index in [1.807, 2.05) is 0 Å². The summed E-state index contributed by atoms with van der Waals surface area (Å²) in [6, 6.07) is 15.3. The topological polar surface area (TPSA) is 21.3 Å². The third-order valence-electron chi connectivity index (χ3n) is 3.80. The van der Waals surface area contributed by atoms with Crippen LogP contribution in [0.1, 0.15) is 42.1 Å². The number of ether oxygens (including phenoxy) is 1. The van der Waals surface area contributed by atoms with Gasteiger partial charge in [-0.2, -0.15) is 0 Å². The molecule has 0 aliphatic rings. The molecular weight excluding hydrogens is 258 g/mol. The highest BCUT2D eigenvalue weighted by molar-refractivity contribution is 5.44. The van der Waals surface area contributed by atoms with E-state index in [0.29, 0.717) is 0 Å². The Morgan fingerprint density at radius 1 is 1.10 bits per heavy atom. The minimum absolute atomic E-state index is 0.163. The molecule has 0 amide bonds. The van der Waals surface area contributed by atoms with E-state index in [4.69, 9.17) is 4.74 Å². The summed E-state index contributed by atoms with van der Waals surface area (Å²) < 4.78 is 5.57. The van der Waals surface area contributed by atoms with Crippen molar-refractivity contribution in [3.05, 3.63) is 64.7 Å². The third kappa shape index (κ3) is 3.64. The molecule has 112 valence electrons. The largest absolute Gasteiger partial charge is 0.496 e. The standard InChI is InChI=1S/C19H25NO/c1-5-15-8-7-9-16(13-15)19(20-6-2)17-12-14(3)10-11-18(17)21-4/h7-13,19-20H,5-6H2,1-4H3. The molecule has 2 rings (SSSR count). The molecule has 0 heterocycles. The lowest BCUT2D eigenvalue weighted by Crippen LogP contribution is -2.22. The highest BCUT2D eigenvalue weighted by Gasteiger charge is 2.17. The molecule has 1 atom stereocenters. The number of nitrogens with one attached hydrogen (secondary N) is 1. The van der Waals surface area contributed by atoms with Crippen molar-refractivity contribution < 1.29 is 4.74 Å². The molecule has 1 N–H and O–H groups in total. The average molecular weight is 283 g/mol. The van der Waals surface area contributed by atoms with Crippen molar-refractivity contribution >= 4 is 0 Å². The fourth-order valence-electron chi connectivity index (χ4n) is 2.68. The molecule has 2 aromatic rings. The maximum Gasteiger partial charge on any atom is 0.123 e. The van der Waals surface area contributed by atoms with Crippen LogP contribution in [0.3, 0.4) is 0 Å². The van der Waals surface area contributed by atoms with Crippen LogP contribution < -0.4 is 10.1 Å². The molecule has 1 unspecified atom stereocenters. The summed E-state index contributed by atoms with van der Waals surface area (Å²) in [7, 11) is 1.74. The molecule has 2 heteroatoms. The van der Waals surface area contributed by atoms with Gasteiger partial charge in [-0.1, -0.05) is 55.8 Å². The molecule has 0 aromatic heterocycles. The Bertz CT molecular complexity index is 592. The van der Waals surface area contributed by atoms with E-state index in [1.54, 1.807) is 7.11 Å². The Labute approximate surface area is 128 Å². The number of aryl methyl sites for hydroxylation is 2. The van der Waals surface area contributed by atoms with Crippen LogP contribution in [0.5, 0.6) is 5.75 Å². The Morgan fingerprint density at radius 2 is 1.90 bits per heavy atom. The van der Waals surface area contributed by atoms with Gasteiger partial charge in [0.2, 0.25) is 0 Å². The second-order valence-corrected chi connectivity index (χ2v) is 5.33. The van der Waals surface area contributed by atoms with E-state index >= 15 is 0 Å². The van der Waals surface area contributed by atoms with Gasteiger partial charge in [0.1, 0.15) is 5.75 Å². The molecular formula is C19H25NO. The summed E-state index contributed by atoms with van der Waals surface area (Å²) in [5.41, 5.74) is 5.11. The molecule has 0 fully saturated rings. The number of hydrogen-bond donors (Lipinski definition) is 1. The molecule has 0 radical (unpaired) electrons. The van der Waals surface area contributed by atoms with E-state index in [9.17, 15) is 0 Å². The highest BCUT2D eigenvalue weighted by Crippen LogP contribution is 2.31. The summed E-state index contributed by atoms with van der Waals surface area (Å²) in [5, 5.41) is 3.59. The maximum absolute atomic E-state index is 5.57. The van der Waals surface area contributed by atoms with Gasteiger partial charge >= 0.3 is 0 Å². The first-order valence-corrected chi connectivity index (χ1v) is 7.66. The first-order chi connectivity index (χ1) is 10.2. The van der Waals surface area contributed by atoms with Crippen LogP contribution in [0, 0.1) is 6.92 Å². The van der Waals surface area contributed by atoms with Gasteiger partial charge in [-0.25, -0.2) is 0 Å². The summed E-state index contributed by atoms with van der Waals surface area (Å²) >= 11 is 0. The van der Waals surface area contributed by atoms with Crippen LogP contribution in [0.4, 0.5) is 0 Å². The monoisotopic (exact) mass is 283 g/mol. The summed E-state index contributed by atoms with van der Waals surface area (Å²) in [4.78, 5) is 0. The van der Waals surface area contributed by atoms with Gasteiger partial charge in [-0.3, -0.25) is 0 Å². The molecule has 0 saturated carbocycles. The lowest BCUT2D eigenvalue weighted by atomic mass is 9.94. The molecule has 2 nitrogen and oxygen atoms in total.